The molecule has 0 aliphatic carbocycles. The molecule has 0 aliphatic heterocycles. The number of nitrogens with zero attached hydrogens (tertiary/aromatic N) is 3. The summed E-state index contributed by atoms with van der Waals surface area (Å²) in [5.74, 6) is 1.58. The molecular weight excluding hydrogens is 260 g/mol. The summed E-state index contributed by atoms with van der Waals surface area (Å²) < 4.78 is 7.76. The Morgan fingerprint density at radius 1 is 1.60 bits per heavy atom. The van der Waals surface area contributed by atoms with Gasteiger partial charge in [-0.25, -0.2) is 4.98 Å². The third-order valence-corrected chi connectivity index (χ3v) is 2.59. The van der Waals surface area contributed by atoms with E-state index in [1.54, 1.807) is 4.68 Å². The Balaban J connectivity index is 2.10. The molecule has 2 heterocycles. The molecule has 0 saturated heterocycles. The number of nitrogens with two attached hydrogens (primary N) is 1. The minimum absolute atomic E-state index is 0.195. The largest absolute Gasteiger partial charge is 0.453 e. The zero-order chi connectivity index (χ0) is 10.8. The van der Waals surface area contributed by atoms with E-state index in [-0.39, 0.29) is 6.04 Å². The molecule has 0 aromatic carbocycles. The van der Waals surface area contributed by atoms with Gasteiger partial charge in [0.15, 0.2) is 4.67 Å². The van der Waals surface area contributed by atoms with Crippen LogP contribution in [0.3, 0.4) is 0 Å². The summed E-state index contributed by atoms with van der Waals surface area (Å²) in [7, 11) is 1.84. The van der Waals surface area contributed by atoms with Gasteiger partial charge in [-0.15, -0.1) is 0 Å². The number of aryl methyl sites for hydroxylation is 1. The first-order valence-electron chi connectivity index (χ1n) is 4.50. The van der Waals surface area contributed by atoms with Crippen molar-refractivity contribution in [2.45, 2.75) is 12.5 Å². The van der Waals surface area contributed by atoms with E-state index in [1.165, 1.54) is 6.33 Å². The van der Waals surface area contributed by atoms with Crippen LogP contribution in [0, 0.1) is 0 Å². The van der Waals surface area contributed by atoms with Gasteiger partial charge in [-0.2, -0.15) is 5.10 Å². The minimum atomic E-state index is -0.195. The number of aromatic nitrogens is 3. The summed E-state index contributed by atoms with van der Waals surface area (Å²) in [6.07, 6.45) is 2.12. The van der Waals surface area contributed by atoms with Crippen LogP contribution in [0.4, 0.5) is 0 Å². The first-order chi connectivity index (χ1) is 7.16. The van der Waals surface area contributed by atoms with Crippen molar-refractivity contribution in [1.29, 1.82) is 0 Å². The number of furan rings is 1. The van der Waals surface area contributed by atoms with E-state index in [9.17, 15) is 0 Å². The normalized spacial score (nSPS) is 13.0. The van der Waals surface area contributed by atoms with Crippen LogP contribution >= 0.6 is 15.9 Å². The van der Waals surface area contributed by atoms with Crippen molar-refractivity contribution >= 4 is 15.9 Å². The molecule has 2 N–H and O–H groups in total. The van der Waals surface area contributed by atoms with Crippen molar-refractivity contribution in [2.75, 3.05) is 0 Å². The minimum Gasteiger partial charge on any atom is -0.453 e. The van der Waals surface area contributed by atoms with Crippen LogP contribution in [0.25, 0.3) is 0 Å². The number of rotatable bonds is 3. The van der Waals surface area contributed by atoms with Crippen LogP contribution in [-0.2, 0) is 13.5 Å². The Kier molecular flexibility index (Phi) is 2.88. The average Bonchev–Trinajstić information content (AvgIpc) is 2.77. The molecule has 6 heteroatoms. The molecule has 80 valence electrons. The van der Waals surface area contributed by atoms with Crippen molar-refractivity contribution in [3.63, 3.8) is 0 Å². The Morgan fingerprint density at radius 2 is 2.40 bits per heavy atom. The third kappa shape index (κ3) is 2.27. The van der Waals surface area contributed by atoms with Crippen LogP contribution in [0.15, 0.2) is 27.5 Å². The first-order valence-corrected chi connectivity index (χ1v) is 5.30. The number of hydrogen-bond acceptors (Lipinski definition) is 4. The molecule has 0 spiro atoms. The van der Waals surface area contributed by atoms with E-state index in [4.69, 9.17) is 10.2 Å². The predicted molar refractivity (Wildman–Crippen MR) is 58.0 cm³/mol. The maximum atomic E-state index is 5.97. The van der Waals surface area contributed by atoms with Gasteiger partial charge >= 0.3 is 0 Å². The maximum Gasteiger partial charge on any atom is 0.169 e. The van der Waals surface area contributed by atoms with Gasteiger partial charge in [0, 0.05) is 13.5 Å². The standard InChI is InChI=1S/C9H11BrN4O/c1-14-9(12-5-13-14)4-6(11)7-2-3-8(10)15-7/h2-3,5-6H,4,11H2,1H3. The van der Waals surface area contributed by atoms with E-state index in [0.717, 1.165) is 11.6 Å². The second kappa shape index (κ2) is 4.16. The molecule has 0 amide bonds. The molecule has 5 nitrogen and oxygen atoms in total. The Labute approximate surface area is 95.4 Å². The van der Waals surface area contributed by atoms with E-state index >= 15 is 0 Å². The summed E-state index contributed by atoms with van der Waals surface area (Å²) in [6.45, 7) is 0. The first kappa shape index (κ1) is 10.4. The molecule has 0 fully saturated rings. The summed E-state index contributed by atoms with van der Waals surface area (Å²) in [5.41, 5.74) is 5.97. The fourth-order valence-corrected chi connectivity index (χ4v) is 1.65. The quantitative estimate of drug-likeness (QED) is 0.916. The molecule has 2 rings (SSSR count). The van der Waals surface area contributed by atoms with Crippen molar-refractivity contribution < 1.29 is 4.42 Å². The molecule has 1 atom stereocenters. The Hall–Kier alpha value is -1.14. The fraction of sp³-hybridized carbons (Fsp3) is 0.333. The highest BCUT2D eigenvalue weighted by Gasteiger charge is 2.13. The topological polar surface area (TPSA) is 69.9 Å². The van der Waals surface area contributed by atoms with Gasteiger partial charge in [0.1, 0.15) is 17.9 Å². The molecule has 0 radical (unpaired) electrons. The maximum absolute atomic E-state index is 5.97. The zero-order valence-corrected chi connectivity index (χ0v) is 9.81. The SMILES string of the molecule is Cn1ncnc1CC(N)c1ccc(Br)o1. The lowest BCUT2D eigenvalue weighted by molar-refractivity contribution is 0.441. The van der Waals surface area contributed by atoms with Crippen LogP contribution in [0.1, 0.15) is 17.6 Å². The molecular formula is C9H11BrN4O. The predicted octanol–water partition coefficient (Wildman–Crippen LogP) is 1.41. The summed E-state index contributed by atoms with van der Waals surface area (Å²) in [6, 6.07) is 3.48. The summed E-state index contributed by atoms with van der Waals surface area (Å²) in [5, 5.41) is 3.98. The van der Waals surface area contributed by atoms with Gasteiger partial charge in [-0.1, -0.05) is 0 Å². The van der Waals surface area contributed by atoms with Gasteiger partial charge < -0.3 is 10.2 Å². The monoisotopic (exact) mass is 270 g/mol. The van der Waals surface area contributed by atoms with Gasteiger partial charge in [-0.05, 0) is 28.1 Å². The van der Waals surface area contributed by atoms with Crippen molar-refractivity contribution in [2.24, 2.45) is 12.8 Å². The lowest BCUT2D eigenvalue weighted by Crippen LogP contribution is -2.15. The van der Waals surface area contributed by atoms with Gasteiger partial charge in [0.2, 0.25) is 0 Å². The van der Waals surface area contributed by atoms with E-state index in [1.807, 2.05) is 19.2 Å². The van der Waals surface area contributed by atoms with E-state index < -0.39 is 0 Å². The lowest BCUT2D eigenvalue weighted by atomic mass is 10.1. The summed E-state index contributed by atoms with van der Waals surface area (Å²) >= 11 is 3.24. The van der Waals surface area contributed by atoms with Gasteiger partial charge in [-0.3, -0.25) is 4.68 Å². The van der Waals surface area contributed by atoms with E-state index in [2.05, 4.69) is 26.0 Å². The van der Waals surface area contributed by atoms with Gasteiger partial charge in [0.25, 0.3) is 0 Å². The summed E-state index contributed by atoms with van der Waals surface area (Å²) in [4.78, 5) is 4.11. The highest BCUT2D eigenvalue weighted by atomic mass is 79.9. The molecule has 15 heavy (non-hydrogen) atoms. The Bertz CT molecular complexity index is 450. The van der Waals surface area contributed by atoms with Crippen LogP contribution in [-0.4, -0.2) is 14.8 Å². The molecule has 0 bridgehead atoms. The van der Waals surface area contributed by atoms with Crippen LogP contribution < -0.4 is 5.73 Å². The van der Waals surface area contributed by atoms with E-state index in [0.29, 0.717) is 11.1 Å². The second-order valence-electron chi connectivity index (χ2n) is 3.25. The highest BCUT2D eigenvalue weighted by molar-refractivity contribution is 9.10. The van der Waals surface area contributed by atoms with Crippen LogP contribution in [0.5, 0.6) is 0 Å². The molecule has 0 saturated carbocycles. The second-order valence-corrected chi connectivity index (χ2v) is 4.03. The molecule has 2 aromatic heterocycles. The zero-order valence-electron chi connectivity index (χ0n) is 8.22. The number of hydrogen-bond donors (Lipinski definition) is 1. The van der Waals surface area contributed by atoms with Crippen molar-refractivity contribution in [3.05, 3.63) is 34.7 Å². The fourth-order valence-electron chi connectivity index (χ4n) is 1.33. The smallest absolute Gasteiger partial charge is 0.169 e. The Morgan fingerprint density at radius 3 is 2.93 bits per heavy atom. The number of halogens is 1. The highest BCUT2D eigenvalue weighted by Crippen LogP contribution is 2.20. The van der Waals surface area contributed by atoms with Gasteiger partial charge in [0.05, 0.1) is 6.04 Å². The molecule has 2 aromatic rings. The third-order valence-electron chi connectivity index (χ3n) is 2.17. The van der Waals surface area contributed by atoms with Crippen molar-refractivity contribution in [1.82, 2.24) is 14.8 Å². The average molecular weight is 271 g/mol. The van der Waals surface area contributed by atoms with Crippen molar-refractivity contribution in [3.8, 4) is 0 Å². The molecule has 1 unspecified atom stereocenters. The lowest BCUT2D eigenvalue weighted by Gasteiger charge is -2.07. The van der Waals surface area contributed by atoms with Crippen LogP contribution in [0.2, 0.25) is 0 Å². The molecule has 0 aliphatic rings.